The highest BCUT2D eigenvalue weighted by molar-refractivity contribution is 6.29. The van der Waals surface area contributed by atoms with Crippen molar-refractivity contribution in [1.29, 1.82) is 0 Å². The summed E-state index contributed by atoms with van der Waals surface area (Å²) in [5.41, 5.74) is -1.26. The summed E-state index contributed by atoms with van der Waals surface area (Å²) in [6.45, 7) is 0. The summed E-state index contributed by atoms with van der Waals surface area (Å²) < 4.78 is 51.0. The molecule has 19 heavy (non-hydrogen) atoms. The van der Waals surface area contributed by atoms with E-state index < -0.39 is 17.6 Å². The lowest BCUT2D eigenvalue weighted by molar-refractivity contribution is -0.137. The van der Waals surface area contributed by atoms with Crippen molar-refractivity contribution in [2.24, 2.45) is 0 Å². The molecule has 0 radical (unpaired) electrons. The van der Waals surface area contributed by atoms with Gasteiger partial charge >= 0.3 is 6.18 Å². The molecule has 2 nitrogen and oxygen atoms in total. The van der Waals surface area contributed by atoms with Crippen molar-refractivity contribution in [1.82, 2.24) is 4.98 Å². The molecular weight excluding hydrogens is 284 g/mol. The molecule has 0 saturated carbocycles. The predicted molar refractivity (Wildman–Crippen MR) is 63.9 cm³/mol. The van der Waals surface area contributed by atoms with Crippen LogP contribution in [0.3, 0.4) is 0 Å². The second kappa shape index (κ2) is 5.05. The number of aromatic nitrogens is 1. The molecule has 7 heteroatoms. The molecule has 1 aromatic heterocycles. The zero-order valence-electron chi connectivity index (χ0n) is 9.30. The van der Waals surface area contributed by atoms with Gasteiger partial charge in [-0.1, -0.05) is 17.7 Å². The molecule has 100 valence electrons. The Morgan fingerprint density at radius 2 is 1.84 bits per heavy atom. The fourth-order valence-corrected chi connectivity index (χ4v) is 1.58. The lowest BCUT2D eigenvalue weighted by atomic mass is 10.2. The number of nitrogens with one attached hydrogen (secondary N) is 1. The highest BCUT2D eigenvalue weighted by Crippen LogP contribution is 2.32. The number of benzene rings is 1. The molecule has 2 rings (SSSR count). The quantitative estimate of drug-likeness (QED) is 0.644. The highest BCUT2D eigenvalue weighted by atomic mass is 35.5. The average Bonchev–Trinajstić information content (AvgIpc) is 2.30. The van der Waals surface area contributed by atoms with Gasteiger partial charge in [-0.3, -0.25) is 0 Å². The third kappa shape index (κ3) is 3.35. The Morgan fingerprint density at radius 1 is 1.11 bits per heavy atom. The summed E-state index contributed by atoms with van der Waals surface area (Å²) in [6.07, 6.45) is -4.54. The van der Waals surface area contributed by atoms with Gasteiger partial charge in [-0.15, -0.1) is 0 Å². The number of anilines is 2. The van der Waals surface area contributed by atoms with Crippen molar-refractivity contribution in [3.8, 4) is 0 Å². The van der Waals surface area contributed by atoms with Gasteiger partial charge in [0.2, 0.25) is 0 Å². The largest absolute Gasteiger partial charge is 0.416 e. The monoisotopic (exact) mass is 290 g/mol. The van der Waals surface area contributed by atoms with E-state index in [4.69, 9.17) is 11.6 Å². The van der Waals surface area contributed by atoms with E-state index >= 15 is 0 Å². The first-order chi connectivity index (χ1) is 8.86. The maximum Gasteiger partial charge on any atom is 0.416 e. The molecule has 0 amide bonds. The van der Waals surface area contributed by atoms with E-state index in [2.05, 4.69) is 10.3 Å². The van der Waals surface area contributed by atoms with Crippen molar-refractivity contribution in [2.45, 2.75) is 6.18 Å². The van der Waals surface area contributed by atoms with E-state index in [9.17, 15) is 17.6 Å². The van der Waals surface area contributed by atoms with E-state index in [0.717, 1.165) is 6.07 Å². The van der Waals surface area contributed by atoms with Crippen molar-refractivity contribution in [3.05, 3.63) is 52.9 Å². The topological polar surface area (TPSA) is 24.9 Å². The Balaban J connectivity index is 2.34. The Morgan fingerprint density at radius 3 is 2.47 bits per heavy atom. The minimum absolute atomic E-state index is 0.150. The summed E-state index contributed by atoms with van der Waals surface area (Å²) >= 11 is 5.63. The van der Waals surface area contributed by atoms with Gasteiger partial charge in [0.05, 0.1) is 11.3 Å². The molecule has 0 aliphatic rings. The zero-order valence-corrected chi connectivity index (χ0v) is 10.1. The molecule has 0 bridgehead atoms. The SMILES string of the molecule is Fc1ccc(C(F)(F)F)cc1Nc1cccc(Cl)n1. The van der Waals surface area contributed by atoms with E-state index in [0.29, 0.717) is 12.1 Å². The van der Waals surface area contributed by atoms with Gasteiger partial charge in [-0.25, -0.2) is 9.37 Å². The zero-order chi connectivity index (χ0) is 14.0. The number of halogens is 5. The van der Waals surface area contributed by atoms with E-state index in [1.165, 1.54) is 12.1 Å². The molecule has 0 saturated heterocycles. The smallest absolute Gasteiger partial charge is 0.338 e. The minimum atomic E-state index is -4.54. The van der Waals surface area contributed by atoms with Gasteiger partial charge in [0.15, 0.2) is 0 Å². The van der Waals surface area contributed by atoms with Crippen LogP contribution >= 0.6 is 11.6 Å². The Labute approximate surface area is 111 Å². The lowest BCUT2D eigenvalue weighted by Crippen LogP contribution is -2.06. The van der Waals surface area contributed by atoms with Gasteiger partial charge in [0.25, 0.3) is 0 Å². The first-order valence-corrected chi connectivity index (χ1v) is 5.50. The molecule has 1 heterocycles. The maximum atomic E-state index is 13.5. The third-order valence-corrected chi connectivity index (χ3v) is 2.48. The summed E-state index contributed by atoms with van der Waals surface area (Å²) in [4.78, 5) is 3.81. The normalized spacial score (nSPS) is 11.4. The first kappa shape index (κ1) is 13.6. The van der Waals surface area contributed by atoms with Crippen LogP contribution in [0.15, 0.2) is 36.4 Å². The second-order valence-corrected chi connectivity index (χ2v) is 4.05. The molecule has 0 aliphatic heterocycles. The van der Waals surface area contributed by atoms with Crippen molar-refractivity contribution in [3.63, 3.8) is 0 Å². The van der Waals surface area contributed by atoms with Gasteiger partial charge in [0, 0.05) is 0 Å². The number of alkyl halides is 3. The Bertz CT molecular complexity index is 599. The highest BCUT2D eigenvalue weighted by Gasteiger charge is 2.31. The van der Waals surface area contributed by atoms with Crippen LogP contribution in [0.25, 0.3) is 0 Å². The number of rotatable bonds is 2. The lowest BCUT2D eigenvalue weighted by Gasteiger charge is -2.11. The van der Waals surface area contributed by atoms with Crippen molar-refractivity contribution in [2.75, 3.05) is 5.32 Å². The van der Waals surface area contributed by atoms with E-state index in [1.54, 1.807) is 6.07 Å². The summed E-state index contributed by atoms with van der Waals surface area (Å²) in [6, 6.07) is 6.60. The van der Waals surface area contributed by atoms with Crippen molar-refractivity contribution < 1.29 is 17.6 Å². The fraction of sp³-hybridized carbons (Fsp3) is 0.0833. The van der Waals surface area contributed by atoms with Gasteiger partial charge < -0.3 is 5.32 Å². The number of nitrogens with zero attached hydrogens (tertiary/aromatic N) is 1. The summed E-state index contributed by atoms with van der Waals surface area (Å²) in [7, 11) is 0. The van der Waals surface area contributed by atoms with Gasteiger partial charge in [-0.05, 0) is 30.3 Å². The van der Waals surface area contributed by atoms with Crippen LogP contribution in [0.1, 0.15) is 5.56 Å². The van der Waals surface area contributed by atoms with Crippen LogP contribution in [0, 0.1) is 5.82 Å². The second-order valence-electron chi connectivity index (χ2n) is 3.66. The van der Waals surface area contributed by atoms with Crippen LogP contribution in [0.2, 0.25) is 5.15 Å². The molecule has 0 spiro atoms. The molecular formula is C12H7ClF4N2. The van der Waals surface area contributed by atoms with Crippen LogP contribution in [0.4, 0.5) is 29.1 Å². The predicted octanol–water partition coefficient (Wildman–Crippen LogP) is 4.64. The first-order valence-electron chi connectivity index (χ1n) is 5.12. The van der Waals surface area contributed by atoms with Crippen LogP contribution in [0.5, 0.6) is 0 Å². The number of hydrogen-bond donors (Lipinski definition) is 1. The van der Waals surface area contributed by atoms with E-state index in [1.807, 2.05) is 0 Å². The van der Waals surface area contributed by atoms with Crippen molar-refractivity contribution >= 4 is 23.1 Å². The number of hydrogen-bond acceptors (Lipinski definition) is 2. The number of pyridine rings is 1. The van der Waals surface area contributed by atoms with Gasteiger partial charge in [-0.2, -0.15) is 13.2 Å². The summed E-state index contributed by atoms with van der Waals surface area (Å²) in [5.74, 6) is -0.652. The molecule has 0 atom stereocenters. The average molecular weight is 291 g/mol. The van der Waals surface area contributed by atoms with Crippen LogP contribution < -0.4 is 5.32 Å². The Hall–Kier alpha value is -1.82. The van der Waals surface area contributed by atoms with Crippen LogP contribution in [-0.2, 0) is 6.18 Å². The van der Waals surface area contributed by atoms with E-state index in [-0.39, 0.29) is 16.7 Å². The molecule has 0 fully saturated rings. The molecule has 1 N–H and O–H groups in total. The molecule has 2 aromatic rings. The summed E-state index contributed by atoms with van der Waals surface area (Å²) in [5, 5.41) is 2.61. The van der Waals surface area contributed by atoms with Crippen LogP contribution in [-0.4, -0.2) is 4.98 Å². The standard InChI is InChI=1S/C12H7ClF4N2/c13-10-2-1-3-11(19-10)18-9-6-7(12(15,16)17)4-5-8(9)14/h1-6H,(H,18,19). The molecule has 1 aromatic carbocycles. The van der Waals surface area contributed by atoms with Gasteiger partial charge in [0.1, 0.15) is 16.8 Å². The maximum absolute atomic E-state index is 13.5. The fourth-order valence-electron chi connectivity index (χ4n) is 1.41. The molecule has 0 unspecified atom stereocenters. The Kier molecular flexibility index (Phi) is 3.61. The third-order valence-electron chi connectivity index (χ3n) is 2.27. The minimum Gasteiger partial charge on any atom is -0.338 e. The molecule has 0 aliphatic carbocycles.